The third-order valence-electron chi connectivity index (χ3n) is 11.1. The number of para-hydroxylation sites is 2. The van der Waals surface area contributed by atoms with Crippen LogP contribution in [0.1, 0.15) is 0 Å². The Bertz CT molecular complexity index is 3280. The van der Waals surface area contributed by atoms with Gasteiger partial charge in [0, 0.05) is 38.2 Å². The molecule has 0 unspecified atom stereocenters. The lowest BCUT2D eigenvalue weighted by Crippen LogP contribution is -1.95. The van der Waals surface area contributed by atoms with Crippen molar-refractivity contribution in [1.82, 2.24) is 15.0 Å². The van der Waals surface area contributed by atoms with Crippen molar-refractivity contribution in [2.45, 2.75) is 0 Å². The first-order valence-electron chi connectivity index (χ1n) is 19.0. The Hall–Kier alpha value is -7.49. The molecule has 2 aromatic heterocycles. The van der Waals surface area contributed by atoms with Crippen molar-refractivity contribution in [2.75, 3.05) is 0 Å². The molecule has 0 saturated carbocycles. The zero-order valence-corrected chi connectivity index (χ0v) is 30.4. The molecule has 11 aromatic rings. The second kappa shape index (κ2) is 13.1. The van der Waals surface area contributed by atoms with Gasteiger partial charge in [-0.1, -0.05) is 176 Å². The van der Waals surface area contributed by atoms with Crippen LogP contribution in [0.3, 0.4) is 0 Å². The summed E-state index contributed by atoms with van der Waals surface area (Å²) in [5.41, 5.74) is 11.6. The Morgan fingerprint density at radius 2 is 0.804 bits per heavy atom. The van der Waals surface area contributed by atoms with Crippen LogP contribution in [-0.2, 0) is 0 Å². The summed E-state index contributed by atoms with van der Waals surface area (Å²) in [7, 11) is 0. The molecule has 0 aliphatic heterocycles. The highest BCUT2D eigenvalue weighted by Gasteiger charge is 2.18. The molecule has 0 radical (unpaired) electrons. The topological polar surface area (TPSA) is 38.7 Å². The number of nitrogens with zero attached hydrogens (tertiary/aromatic N) is 3. The van der Waals surface area contributed by atoms with Crippen LogP contribution >= 0.6 is 0 Å². The maximum absolute atomic E-state index is 5.34. The lowest BCUT2D eigenvalue weighted by atomic mass is 9.89. The minimum atomic E-state index is 0.704. The van der Waals surface area contributed by atoms with Gasteiger partial charge in [-0.3, -0.25) is 0 Å². The molecule has 0 aliphatic rings. The molecule has 0 N–H and O–H groups in total. The zero-order valence-electron chi connectivity index (χ0n) is 30.4. The number of rotatable bonds is 5. The third kappa shape index (κ3) is 5.40. The number of pyridine rings is 1. The minimum absolute atomic E-state index is 0.704. The Morgan fingerprint density at radius 1 is 0.268 bits per heavy atom. The summed E-state index contributed by atoms with van der Waals surface area (Å²) in [4.78, 5) is 15.6. The van der Waals surface area contributed by atoms with Crippen molar-refractivity contribution >= 4 is 54.1 Å². The van der Waals surface area contributed by atoms with Crippen LogP contribution in [-0.4, -0.2) is 15.0 Å². The first kappa shape index (κ1) is 32.0. The monoisotopic (exact) mass is 711 g/mol. The van der Waals surface area contributed by atoms with Crippen molar-refractivity contribution < 1.29 is 0 Å². The van der Waals surface area contributed by atoms with Gasteiger partial charge in [0.15, 0.2) is 5.82 Å². The molecule has 2 heterocycles. The Balaban J connectivity index is 1.06. The Morgan fingerprint density at radius 3 is 1.59 bits per heavy atom. The van der Waals surface area contributed by atoms with E-state index in [9.17, 15) is 0 Å². The fourth-order valence-electron chi connectivity index (χ4n) is 8.29. The molecule has 0 atom stereocenters. The lowest BCUT2D eigenvalue weighted by Gasteiger charge is -2.16. The molecule has 3 heteroatoms. The highest BCUT2D eigenvalue weighted by atomic mass is 14.9. The van der Waals surface area contributed by atoms with E-state index in [1.54, 1.807) is 0 Å². The van der Waals surface area contributed by atoms with E-state index in [2.05, 4.69) is 188 Å². The maximum atomic E-state index is 5.34. The van der Waals surface area contributed by atoms with Crippen molar-refractivity contribution in [2.24, 2.45) is 0 Å². The van der Waals surface area contributed by atoms with Crippen LogP contribution in [0, 0.1) is 0 Å². The number of aromatic nitrogens is 3. The van der Waals surface area contributed by atoms with Gasteiger partial charge in [0.25, 0.3) is 0 Å². The molecule has 0 spiro atoms. The van der Waals surface area contributed by atoms with E-state index in [-0.39, 0.29) is 0 Å². The second-order valence-electron chi connectivity index (χ2n) is 14.4. The lowest BCUT2D eigenvalue weighted by molar-refractivity contribution is 1.23. The van der Waals surface area contributed by atoms with Gasteiger partial charge in [-0.05, 0) is 68.1 Å². The molecule has 9 aromatic carbocycles. The van der Waals surface area contributed by atoms with Crippen LogP contribution in [0.2, 0.25) is 0 Å². The van der Waals surface area contributed by atoms with Gasteiger partial charge in [0.2, 0.25) is 0 Å². The number of hydrogen-bond acceptors (Lipinski definition) is 3. The Kier molecular flexibility index (Phi) is 7.49. The Labute approximate surface area is 324 Å². The summed E-state index contributed by atoms with van der Waals surface area (Å²) in [6, 6.07) is 71.0. The molecule has 260 valence electrons. The quantitative estimate of drug-likeness (QED) is 0.167. The predicted octanol–water partition coefficient (Wildman–Crippen LogP) is 14.0. The number of hydrogen-bond donors (Lipinski definition) is 0. The van der Waals surface area contributed by atoms with Gasteiger partial charge in [-0.15, -0.1) is 0 Å². The van der Waals surface area contributed by atoms with Crippen LogP contribution in [0.4, 0.5) is 0 Å². The summed E-state index contributed by atoms with van der Waals surface area (Å²) < 4.78 is 0. The average molecular weight is 712 g/mol. The van der Waals surface area contributed by atoms with E-state index in [0.29, 0.717) is 5.82 Å². The van der Waals surface area contributed by atoms with Crippen LogP contribution in [0.15, 0.2) is 200 Å². The fraction of sp³-hybridized carbons (Fsp3) is 0. The molecule has 56 heavy (non-hydrogen) atoms. The molecule has 0 bridgehead atoms. The molecule has 0 saturated heterocycles. The van der Waals surface area contributed by atoms with E-state index in [1.807, 2.05) is 12.1 Å². The molecular formula is C53H33N3. The second-order valence-corrected chi connectivity index (χ2v) is 14.4. The fourth-order valence-corrected chi connectivity index (χ4v) is 8.29. The highest BCUT2D eigenvalue weighted by Crippen LogP contribution is 2.42. The summed E-state index contributed by atoms with van der Waals surface area (Å²) in [5.74, 6) is 0.704. The summed E-state index contributed by atoms with van der Waals surface area (Å²) in [6.07, 6.45) is 0. The van der Waals surface area contributed by atoms with E-state index in [1.165, 1.54) is 38.1 Å². The summed E-state index contributed by atoms with van der Waals surface area (Å²) >= 11 is 0. The van der Waals surface area contributed by atoms with Gasteiger partial charge in [0.1, 0.15) is 0 Å². The summed E-state index contributed by atoms with van der Waals surface area (Å²) in [5, 5.41) is 9.39. The zero-order chi connectivity index (χ0) is 37.0. The highest BCUT2D eigenvalue weighted by molar-refractivity contribution is 6.25. The van der Waals surface area contributed by atoms with Crippen LogP contribution < -0.4 is 0 Å². The molecular weight excluding hydrogens is 679 g/mol. The molecule has 0 amide bonds. The van der Waals surface area contributed by atoms with E-state index in [0.717, 1.165) is 66.4 Å². The molecule has 0 aliphatic carbocycles. The van der Waals surface area contributed by atoms with Crippen LogP contribution in [0.5, 0.6) is 0 Å². The first-order chi connectivity index (χ1) is 27.7. The predicted molar refractivity (Wildman–Crippen MR) is 235 cm³/mol. The number of benzene rings is 9. The van der Waals surface area contributed by atoms with Crippen molar-refractivity contribution in [3.05, 3.63) is 200 Å². The third-order valence-corrected chi connectivity index (χ3v) is 11.1. The van der Waals surface area contributed by atoms with Gasteiger partial charge in [-0.2, -0.15) is 0 Å². The standard InChI is InChI=1S/C53H33N3/c1-2-12-34(13-3-1)36-22-27-38(28-23-36)51-45-19-9-11-21-49(45)55-53(56-51)39-29-25-37(26-30-39)46-33-47-50(43-17-7-6-16-42(43)46)44-18-8-10-20-48(44)54-52(47)41-31-24-35-14-4-5-15-40(35)32-41/h1-33H. The normalized spacial score (nSPS) is 11.6. The van der Waals surface area contributed by atoms with Gasteiger partial charge in [0.05, 0.1) is 22.4 Å². The smallest absolute Gasteiger partial charge is 0.160 e. The number of fused-ring (bicyclic) bond motifs is 7. The first-order valence-corrected chi connectivity index (χ1v) is 19.0. The van der Waals surface area contributed by atoms with E-state index in [4.69, 9.17) is 15.0 Å². The minimum Gasteiger partial charge on any atom is -0.247 e. The maximum Gasteiger partial charge on any atom is 0.160 e. The van der Waals surface area contributed by atoms with Gasteiger partial charge in [-0.25, -0.2) is 15.0 Å². The van der Waals surface area contributed by atoms with Crippen molar-refractivity contribution in [3.8, 4) is 56.2 Å². The largest absolute Gasteiger partial charge is 0.247 e. The van der Waals surface area contributed by atoms with Crippen molar-refractivity contribution in [1.29, 1.82) is 0 Å². The summed E-state index contributed by atoms with van der Waals surface area (Å²) in [6.45, 7) is 0. The van der Waals surface area contributed by atoms with E-state index >= 15 is 0 Å². The van der Waals surface area contributed by atoms with Gasteiger partial charge >= 0.3 is 0 Å². The average Bonchev–Trinajstić information content (AvgIpc) is 3.28. The SMILES string of the molecule is c1ccc(-c2ccc(-c3nc(-c4ccc(-c5cc6c(-c7ccc8ccccc8c7)nc7ccccc7c6c6ccccc56)cc4)nc4ccccc34)cc2)cc1. The van der Waals surface area contributed by atoms with Crippen LogP contribution in [0.25, 0.3) is 110 Å². The van der Waals surface area contributed by atoms with E-state index < -0.39 is 0 Å². The molecule has 0 fully saturated rings. The molecule has 11 rings (SSSR count). The van der Waals surface area contributed by atoms with Gasteiger partial charge < -0.3 is 0 Å². The van der Waals surface area contributed by atoms with Crippen molar-refractivity contribution in [3.63, 3.8) is 0 Å². The molecule has 3 nitrogen and oxygen atoms in total.